The first-order valence-corrected chi connectivity index (χ1v) is 7.16. The van der Waals surface area contributed by atoms with Crippen molar-refractivity contribution in [1.29, 1.82) is 0 Å². The molecular weight excluding hydrogens is 262 g/mol. The zero-order valence-corrected chi connectivity index (χ0v) is 12.2. The number of methoxy groups -OCH3 is 1. The zero-order chi connectivity index (χ0) is 13.8. The van der Waals surface area contributed by atoms with Crippen LogP contribution in [-0.2, 0) is 10.6 Å². The first-order chi connectivity index (χ1) is 9.15. The number of ether oxygens (including phenoxy) is 1. The molecule has 19 heavy (non-hydrogen) atoms. The number of carbonyl (C=O) groups excluding carboxylic acids is 1. The van der Waals surface area contributed by atoms with Gasteiger partial charge in [-0.2, -0.15) is 0 Å². The fourth-order valence-electron chi connectivity index (χ4n) is 2.50. The molecule has 1 fully saturated rings. The van der Waals surface area contributed by atoms with E-state index >= 15 is 0 Å². The average molecular weight is 282 g/mol. The van der Waals surface area contributed by atoms with Gasteiger partial charge in [0.1, 0.15) is 0 Å². The predicted molar refractivity (Wildman–Crippen MR) is 76.5 cm³/mol. The first-order valence-electron chi connectivity index (χ1n) is 6.62. The average Bonchev–Trinajstić information content (AvgIpc) is 2.47. The number of nitrogens with zero attached hydrogens (tertiary/aromatic N) is 1. The lowest BCUT2D eigenvalue weighted by molar-refractivity contribution is -0.00156. The van der Waals surface area contributed by atoms with Crippen LogP contribution in [0.25, 0.3) is 0 Å². The Bertz CT molecular complexity index is 450. The van der Waals surface area contributed by atoms with E-state index in [-0.39, 0.29) is 12.0 Å². The van der Waals surface area contributed by atoms with Gasteiger partial charge in [0.2, 0.25) is 0 Å². The summed E-state index contributed by atoms with van der Waals surface area (Å²) in [6.45, 7) is 3.64. The van der Waals surface area contributed by atoms with Gasteiger partial charge in [-0.15, -0.1) is 11.6 Å². The molecule has 1 aliphatic heterocycles. The molecule has 1 aromatic carbocycles. The SMILES string of the molecule is COC1CN(C(=O)c2cccc(CCl)c2)CCC1C. The number of rotatable bonds is 3. The van der Waals surface area contributed by atoms with Crippen molar-refractivity contribution in [3.63, 3.8) is 0 Å². The molecule has 0 radical (unpaired) electrons. The van der Waals surface area contributed by atoms with Crippen LogP contribution in [0, 0.1) is 5.92 Å². The van der Waals surface area contributed by atoms with Crippen LogP contribution in [-0.4, -0.2) is 37.1 Å². The fraction of sp³-hybridized carbons (Fsp3) is 0.533. The lowest BCUT2D eigenvalue weighted by atomic mass is 9.95. The molecule has 1 amide bonds. The number of benzene rings is 1. The molecule has 1 saturated heterocycles. The number of piperidine rings is 1. The fourth-order valence-corrected chi connectivity index (χ4v) is 2.66. The smallest absolute Gasteiger partial charge is 0.253 e. The molecule has 1 aromatic rings. The Hall–Kier alpha value is -1.06. The van der Waals surface area contributed by atoms with Crippen molar-refractivity contribution < 1.29 is 9.53 Å². The van der Waals surface area contributed by atoms with Gasteiger partial charge < -0.3 is 9.64 Å². The van der Waals surface area contributed by atoms with Crippen molar-refractivity contribution >= 4 is 17.5 Å². The normalized spacial score (nSPS) is 23.4. The summed E-state index contributed by atoms with van der Waals surface area (Å²) in [7, 11) is 1.71. The quantitative estimate of drug-likeness (QED) is 0.797. The number of amides is 1. The molecule has 1 aliphatic rings. The van der Waals surface area contributed by atoms with Gasteiger partial charge in [0.25, 0.3) is 5.91 Å². The van der Waals surface area contributed by atoms with Crippen molar-refractivity contribution in [2.75, 3.05) is 20.2 Å². The second kappa shape index (κ2) is 6.40. The van der Waals surface area contributed by atoms with E-state index in [1.54, 1.807) is 7.11 Å². The third kappa shape index (κ3) is 3.28. The Labute approximate surface area is 119 Å². The maximum atomic E-state index is 12.5. The molecule has 4 heteroatoms. The van der Waals surface area contributed by atoms with Crippen molar-refractivity contribution in [2.24, 2.45) is 5.92 Å². The van der Waals surface area contributed by atoms with E-state index in [4.69, 9.17) is 16.3 Å². The Morgan fingerprint density at radius 2 is 2.32 bits per heavy atom. The monoisotopic (exact) mass is 281 g/mol. The third-order valence-electron chi connectivity index (χ3n) is 3.81. The molecule has 0 aliphatic carbocycles. The van der Waals surface area contributed by atoms with Crippen molar-refractivity contribution in [2.45, 2.75) is 25.3 Å². The van der Waals surface area contributed by atoms with Crippen molar-refractivity contribution in [3.8, 4) is 0 Å². The highest BCUT2D eigenvalue weighted by Gasteiger charge is 2.29. The van der Waals surface area contributed by atoms with E-state index in [1.165, 1.54) is 0 Å². The van der Waals surface area contributed by atoms with Crippen LogP contribution in [0.1, 0.15) is 29.3 Å². The minimum Gasteiger partial charge on any atom is -0.379 e. The van der Waals surface area contributed by atoms with E-state index in [0.717, 1.165) is 18.5 Å². The molecule has 0 saturated carbocycles. The van der Waals surface area contributed by atoms with Crippen LogP contribution in [0.3, 0.4) is 0 Å². The van der Waals surface area contributed by atoms with Gasteiger partial charge in [0.05, 0.1) is 6.10 Å². The number of likely N-dealkylation sites (tertiary alicyclic amines) is 1. The third-order valence-corrected chi connectivity index (χ3v) is 4.12. The molecule has 2 rings (SSSR count). The molecule has 0 N–H and O–H groups in total. The van der Waals surface area contributed by atoms with E-state index in [9.17, 15) is 4.79 Å². The van der Waals surface area contributed by atoms with Gasteiger partial charge in [0, 0.05) is 31.6 Å². The highest BCUT2D eigenvalue weighted by molar-refractivity contribution is 6.17. The number of halogens is 1. The lowest BCUT2D eigenvalue weighted by Crippen LogP contribution is -2.46. The topological polar surface area (TPSA) is 29.5 Å². The van der Waals surface area contributed by atoms with Gasteiger partial charge in [-0.3, -0.25) is 4.79 Å². The summed E-state index contributed by atoms with van der Waals surface area (Å²) in [5.74, 6) is 1.00. The molecule has 0 spiro atoms. The minimum atomic E-state index is 0.0703. The second-order valence-corrected chi connectivity index (χ2v) is 5.39. The maximum absolute atomic E-state index is 12.5. The van der Waals surface area contributed by atoms with Crippen LogP contribution in [0.15, 0.2) is 24.3 Å². The molecule has 2 unspecified atom stereocenters. The summed E-state index contributed by atoms with van der Waals surface area (Å²) in [5.41, 5.74) is 1.68. The molecule has 0 aromatic heterocycles. The Morgan fingerprint density at radius 3 is 3.00 bits per heavy atom. The molecule has 0 bridgehead atoms. The van der Waals surface area contributed by atoms with E-state index in [2.05, 4.69) is 6.92 Å². The standard InChI is InChI=1S/C15H20ClNO2/c1-11-6-7-17(10-14(11)19-2)15(18)13-5-3-4-12(8-13)9-16/h3-5,8,11,14H,6-7,9-10H2,1-2H3. The summed E-state index contributed by atoms with van der Waals surface area (Å²) in [5, 5.41) is 0. The molecule has 1 heterocycles. The highest BCUT2D eigenvalue weighted by atomic mass is 35.5. The van der Waals surface area contributed by atoms with E-state index in [0.29, 0.717) is 23.9 Å². The van der Waals surface area contributed by atoms with Crippen molar-refractivity contribution in [1.82, 2.24) is 4.90 Å². The van der Waals surface area contributed by atoms with Crippen LogP contribution >= 0.6 is 11.6 Å². The summed E-state index contributed by atoms with van der Waals surface area (Å²) < 4.78 is 5.45. The van der Waals surface area contributed by atoms with E-state index < -0.39 is 0 Å². The second-order valence-electron chi connectivity index (χ2n) is 5.13. The number of alkyl halides is 1. The number of hydrogen-bond donors (Lipinski definition) is 0. The molecule has 2 atom stereocenters. The van der Waals surface area contributed by atoms with Gasteiger partial charge >= 0.3 is 0 Å². The Morgan fingerprint density at radius 1 is 1.53 bits per heavy atom. The number of carbonyl (C=O) groups is 1. The van der Waals surface area contributed by atoms with Crippen LogP contribution in [0.5, 0.6) is 0 Å². The van der Waals surface area contributed by atoms with Gasteiger partial charge in [-0.1, -0.05) is 19.1 Å². The zero-order valence-electron chi connectivity index (χ0n) is 11.4. The van der Waals surface area contributed by atoms with Crippen LogP contribution in [0.2, 0.25) is 0 Å². The number of hydrogen-bond acceptors (Lipinski definition) is 2. The van der Waals surface area contributed by atoms with Crippen LogP contribution < -0.4 is 0 Å². The first kappa shape index (κ1) is 14.4. The predicted octanol–water partition coefficient (Wildman–Crippen LogP) is 2.92. The van der Waals surface area contributed by atoms with Gasteiger partial charge in [-0.25, -0.2) is 0 Å². The lowest BCUT2D eigenvalue weighted by Gasteiger charge is -2.36. The summed E-state index contributed by atoms with van der Waals surface area (Å²) in [6.07, 6.45) is 1.12. The summed E-state index contributed by atoms with van der Waals surface area (Å²) in [6, 6.07) is 7.53. The highest BCUT2D eigenvalue weighted by Crippen LogP contribution is 2.21. The Kier molecular flexibility index (Phi) is 4.83. The maximum Gasteiger partial charge on any atom is 0.253 e. The largest absolute Gasteiger partial charge is 0.379 e. The van der Waals surface area contributed by atoms with E-state index in [1.807, 2.05) is 29.2 Å². The molecular formula is C15H20ClNO2. The molecule has 104 valence electrons. The van der Waals surface area contributed by atoms with Gasteiger partial charge in [0.15, 0.2) is 0 Å². The Balaban J connectivity index is 2.10. The summed E-state index contributed by atoms with van der Waals surface area (Å²) in [4.78, 5) is 14.3. The molecule has 3 nitrogen and oxygen atoms in total. The minimum absolute atomic E-state index is 0.0703. The van der Waals surface area contributed by atoms with Crippen molar-refractivity contribution in [3.05, 3.63) is 35.4 Å². The van der Waals surface area contributed by atoms with Crippen LogP contribution in [0.4, 0.5) is 0 Å². The summed E-state index contributed by atoms with van der Waals surface area (Å²) >= 11 is 5.81. The van der Waals surface area contributed by atoms with Gasteiger partial charge in [-0.05, 0) is 30.0 Å².